The predicted octanol–water partition coefficient (Wildman–Crippen LogP) is 1.81. The summed E-state index contributed by atoms with van der Waals surface area (Å²) in [6, 6.07) is 18.6. The first kappa shape index (κ1) is 41.3. The summed E-state index contributed by atoms with van der Waals surface area (Å²) in [4.78, 5) is 69.4. The van der Waals surface area contributed by atoms with Gasteiger partial charge in [-0.15, -0.1) is 5.10 Å². The highest BCUT2D eigenvalue weighted by atomic mass is 16.5. The number of likely N-dealkylation sites (N-methyl/N-ethyl adjacent to an activating group) is 1. The Balaban J connectivity index is 1.28. The van der Waals surface area contributed by atoms with E-state index >= 15 is 0 Å². The van der Waals surface area contributed by atoms with E-state index in [1.165, 1.54) is 4.90 Å². The van der Waals surface area contributed by atoms with Crippen LogP contribution in [0, 0.1) is 0 Å². The first-order valence-electron chi connectivity index (χ1n) is 19.5. The molecule has 1 fully saturated rings. The lowest BCUT2D eigenvalue weighted by Gasteiger charge is -2.30. The van der Waals surface area contributed by atoms with E-state index in [0.717, 1.165) is 11.1 Å². The van der Waals surface area contributed by atoms with Crippen molar-refractivity contribution in [3.8, 4) is 11.5 Å². The lowest BCUT2D eigenvalue weighted by molar-refractivity contribution is -0.143. The number of carbonyl (C=O) groups is 5. The number of hydrogen-bond donors (Lipinski definition) is 5. The number of aromatic nitrogens is 3. The lowest BCUT2D eigenvalue weighted by atomic mass is 10.0. The molecule has 0 aliphatic carbocycles. The van der Waals surface area contributed by atoms with Crippen molar-refractivity contribution in [1.29, 1.82) is 0 Å². The van der Waals surface area contributed by atoms with Gasteiger partial charge in [0, 0.05) is 19.4 Å². The Labute approximate surface area is 336 Å². The molecule has 6 bridgehead atoms. The minimum Gasteiger partial charge on any atom is -0.492 e. The molecule has 5 aliphatic rings. The minimum absolute atomic E-state index is 0.0166. The highest BCUT2D eigenvalue weighted by Crippen LogP contribution is 2.22. The second-order valence-electron chi connectivity index (χ2n) is 14.6. The van der Waals surface area contributed by atoms with Crippen molar-refractivity contribution in [3.05, 3.63) is 107 Å². The molecule has 0 saturated carbocycles. The second-order valence-corrected chi connectivity index (χ2v) is 14.6. The summed E-state index contributed by atoms with van der Waals surface area (Å²) in [5.41, 5.74) is 2.95. The number of carboxylic acid groups (broad SMARTS) is 1. The summed E-state index contributed by atoms with van der Waals surface area (Å²) in [5, 5.41) is 29.8. The average molecular weight is 795 g/mol. The number of aliphatic carboxylic acids is 1. The van der Waals surface area contributed by atoms with Gasteiger partial charge in [0.2, 0.25) is 23.6 Å². The largest absolute Gasteiger partial charge is 0.492 e. The van der Waals surface area contributed by atoms with Crippen molar-refractivity contribution >= 4 is 29.6 Å². The summed E-state index contributed by atoms with van der Waals surface area (Å²) in [6.07, 6.45) is 3.36. The summed E-state index contributed by atoms with van der Waals surface area (Å²) >= 11 is 0. The molecule has 3 aromatic carbocycles. The van der Waals surface area contributed by atoms with E-state index in [1.807, 2.05) is 42.5 Å². The maximum atomic E-state index is 14.3. The third-order valence-electron chi connectivity index (χ3n) is 10.4. The van der Waals surface area contributed by atoms with Crippen molar-refractivity contribution in [3.63, 3.8) is 0 Å². The van der Waals surface area contributed by atoms with Crippen LogP contribution >= 0.6 is 0 Å². The fraction of sp³-hybridized carbons (Fsp3) is 0.405. The highest BCUT2D eigenvalue weighted by molar-refractivity contribution is 5.96. The minimum atomic E-state index is -1.30. The van der Waals surface area contributed by atoms with Gasteiger partial charge in [0.05, 0.1) is 18.8 Å². The molecule has 16 nitrogen and oxygen atoms in total. The summed E-state index contributed by atoms with van der Waals surface area (Å²) in [5.74, 6) is -2.09. The number of nitrogens with one attached hydrogen (secondary N) is 4. The topological polar surface area (TPSA) is 206 Å². The average Bonchev–Trinajstić information content (AvgIpc) is 3.92. The van der Waals surface area contributed by atoms with Crippen molar-refractivity contribution in [1.82, 2.24) is 41.2 Å². The zero-order chi connectivity index (χ0) is 41.0. The van der Waals surface area contributed by atoms with Gasteiger partial charge in [-0.05, 0) is 80.6 Å². The van der Waals surface area contributed by atoms with Crippen molar-refractivity contribution in [2.45, 2.75) is 88.8 Å². The molecule has 0 spiro atoms. The number of benzene rings is 3. The summed E-state index contributed by atoms with van der Waals surface area (Å²) < 4.78 is 13.5. The summed E-state index contributed by atoms with van der Waals surface area (Å²) in [7, 11) is 1.65. The number of amides is 4. The van der Waals surface area contributed by atoms with E-state index < -0.39 is 53.9 Å². The quantitative estimate of drug-likeness (QED) is 0.183. The molecule has 5 N–H and O–H groups in total. The van der Waals surface area contributed by atoms with Gasteiger partial charge in [-0.1, -0.05) is 59.8 Å². The second kappa shape index (κ2) is 19.7. The fourth-order valence-corrected chi connectivity index (χ4v) is 6.94. The zero-order valence-corrected chi connectivity index (χ0v) is 32.6. The molecule has 58 heavy (non-hydrogen) atoms. The van der Waals surface area contributed by atoms with Crippen LogP contribution in [0.1, 0.15) is 48.6 Å². The zero-order valence-electron chi connectivity index (χ0n) is 32.6. The van der Waals surface area contributed by atoms with Crippen LogP contribution in [0.25, 0.3) is 0 Å². The van der Waals surface area contributed by atoms with Crippen LogP contribution in [0.15, 0.2) is 85.1 Å². The molecule has 1 aromatic heterocycles. The van der Waals surface area contributed by atoms with Crippen molar-refractivity contribution in [2.24, 2.45) is 0 Å². The van der Waals surface area contributed by atoms with Gasteiger partial charge in [0.15, 0.2) is 0 Å². The molecule has 16 heteroatoms. The Kier molecular flexibility index (Phi) is 14.1. The van der Waals surface area contributed by atoms with Crippen LogP contribution in [-0.2, 0) is 56.4 Å². The van der Waals surface area contributed by atoms with E-state index in [-0.39, 0.29) is 38.3 Å². The SMILES string of the molecule is CN[C@@H](C)C(=O)N[C@H]1Cc2ccc(cc2)OCc2cn(nn2)CCOc2ccc(cc2)C[C@@H](C(=O)O)NC(=O)[C@H](CCc2ccccc2)NC(=O)[C@@H]2CCCN2C1=O. The van der Waals surface area contributed by atoms with E-state index in [1.54, 1.807) is 61.2 Å². The molecule has 1 saturated heterocycles. The van der Waals surface area contributed by atoms with Crippen LogP contribution < -0.4 is 30.7 Å². The fourth-order valence-electron chi connectivity index (χ4n) is 6.94. The Bertz CT molecular complexity index is 2020. The number of carbonyl (C=O) groups excluding carboxylic acids is 4. The molecule has 4 amide bonds. The van der Waals surface area contributed by atoms with Gasteiger partial charge in [0.25, 0.3) is 0 Å². The van der Waals surface area contributed by atoms with Crippen LogP contribution in [-0.4, -0.2) is 105 Å². The van der Waals surface area contributed by atoms with Gasteiger partial charge in [-0.2, -0.15) is 0 Å². The van der Waals surface area contributed by atoms with Crippen LogP contribution in [0.5, 0.6) is 11.5 Å². The highest BCUT2D eigenvalue weighted by Gasteiger charge is 2.39. The van der Waals surface area contributed by atoms with Crippen molar-refractivity contribution < 1.29 is 38.6 Å². The van der Waals surface area contributed by atoms with Gasteiger partial charge >= 0.3 is 5.97 Å². The Morgan fingerprint density at radius 2 is 1.59 bits per heavy atom. The van der Waals surface area contributed by atoms with Crippen LogP contribution in [0.3, 0.4) is 0 Å². The van der Waals surface area contributed by atoms with Crippen LogP contribution in [0.2, 0.25) is 0 Å². The molecule has 0 unspecified atom stereocenters. The molecule has 4 aromatic rings. The van der Waals surface area contributed by atoms with Gasteiger partial charge in [-0.3, -0.25) is 19.2 Å². The third kappa shape index (κ3) is 11.2. The number of ether oxygens (including phenoxy) is 2. The van der Waals surface area contributed by atoms with E-state index in [0.29, 0.717) is 55.2 Å². The lowest BCUT2D eigenvalue weighted by Crippen LogP contribution is -2.58. The number of aryl methyl sites for hydroxylation is 1. The standard InChI is InChI=1S/C42H50N8O8/c1-27(43-2)38(51)45-35-23-29-12-17-33(18-13-29)58-26-31-25-49(48-47-31)21-22-57-32-15-10-30(11-16-32)24-36(42(55)56)46-39(52)34(19-14-28-7-4-3-5-8-28)44-40(53)37-9-6-20-50(37)41(35)54/h3-5,7-8,10-13,15-18,25,27,34-37,43H,6,9,14,19-24,26H2,1-2H3,(H,44,53)(H,45,51)(H,46,52)(H,55,56)/t27-,34-,35-,36-,37-/m0/s1. The van der Waals surface area contributed by atoms with Crippen molar-refractivity contribution in [2.75, 3.05) is 20.2 Å². The number of nitrogens with zero attached hydrogens (tertiary/aromatic N) is 4. The smallest absolute Gasteiger partial charge is 0.326 e. The molecule has 6 heterocycles. The van der Waals surface area contributed by atoms with Gasteiger partial charge in [-0.25, -0.2) is 9.48 Å². The van der Waals surface area contributed by atoms with E-state index in [9.17, 15) is 29.1 Å². The molecule has 5 aliphatic heterocycles. The monoisotopic (exact) mass is 794 g/mol. The third-order valence-corrected chi connectivity index (χ3v) is 10.4. The van der Waals surface area contributed by atoms with Gasteiger partial charge in [0.1, 0.15) is 54.6 Å². The molecular formula is C42H50N8O8. The Hall–Kier alpha value is -6.29. The normalized spacial score (nSPS) is 21.3. The molecule has 5 atom stereocenters. The first-order chi connectivity index (χ1) is 28.1. The van der Waals surface area contributed by atoms with Crippen LogP contribution in [0.4, 0.5) is 0 Å². The van der Waals surface area contributed by atoms with E-state index in [2.05, 4.69) is 31.6 Å². The molecule has 306 valence electrons. The summed E-state index contributed by atoms with van der Waals surface area (Å²) in [6.45, 7) is 2.84. The molecule has 9 rings (SSSR count). The first-order valence-corrected chi connectivity index (χ1v) is 19.5. The Morgan fingerprint density at radius 3 is 2.28 bits per heavy atom. The number of rotatable bonds is 7. The maximum absolute atomic E-state index is 14.3. The van der Waals surface area contributed by atoms with E-state index in [4.69, 9.17) is 9.47 Å². The number of carboxylic acids is 1. The predicted molar refractivity (Wildman–Crippen MR) is 212 cm³/mol. The molecule has 0 radical (unpaired) electrons. The van der Waals surface area contributed by atoms with Gasteiger partial charge < -0.3 is 40.7 Å². The maximum Gasteiger partial charge on any atom is 0.326 e. The number of hydrogen-bond acceptors (Lipinski definition) is 10. The Morgan fingerprint density at radius 1 is 0.897 bits per heavy atom. The molecular weight excluding hydrogens is 745 g/mol.